The van der Waals surface area contributed by atoms with Gasteiger partial charge in [0.15, 0.2) is 5.78 Å². The molecule has 0 aliphatic carbocycles. The van der Waals surface area contributed by atoms with E-state index in [0.717, 1.165) is 5.56 Å². The maximum atomic E-state index is 12.5. The summed E-state index contributed by atoms with van der Waals surface area (Å²) in [4.78, 5) is 12.5. The predicted molar refractivity (Wildman–Crippen MR) is 101 cm³/mol. The average Bonchev–Trinajstić information content (AvgIpc) is 2.62. The molecular formula is C21H22O5. The van der Waals surface area contributed by atoms with E-state index >= 15 is 0 Å². The first-order chi connectivity index (χ1) is 12.3. The van der Waals surface area contributed by atoms with Gasteiger partial charge in [-0.2, -0.15) is 0 Å². The molecule has 0 unspecified atom stereocenters. The van der Waals surface area contributed by atoms with E-state index in [1.807, 2.05) is 0 Å². The molecule has 5 nitrogen and oxygen atoms in total. The topological polar surface area (TPSA) is 87.0 Å². The van der Waals surface area contributed by atoms with Crippen molar-refractivity contribution in [1.82, 2.24) is 0 Å². The maximum absolute atomic E-state index is 12.5. The Morgan fingerprint density at radius 1 is 1.19 bits per heavy atom. The number of hydrogen-bond donors (Lipinski definition) is 3. The minimum absolute atomic E-state index is 0.0904. The number of aliphatic hydroxyl groups excluding tert-OH is 1. The van der Waals surface area contributed by atoms with Gasteiger partial charge in [0.1, 0.15) is 17.2 Å². The highest BCUT2D eigenvalue weighted by Gasteiger charge is 2.19. The molecule has 26 heavy (non-hydrogen) atoms. The summed E-state index contributed by atoms with van der Waals surface area (Å²) in [6.07, 6.45) is 2.17. The van der Waals surface area contributed by atoms with Crippen molar-refractivity contribution >= 4 is 11.9 Å². The van der Waals surface area contributed by atoms with Gasteiger partial charge in [0.2, 0.25) is 0 Å². The van der Waals surface area contributed by atoms with E-state index in [-0.39, 0.29) is 29.3 Å². The lowest BCUT2D eigenvalue weighted by atomic mass is 9.97. The zero-order valence-corrected chi connectivity index (χ0v) is 14.8. The number of hydrogen-bond acceptors (Lipinski definition) is 5. The van der Waals surface area contributed by atoms with Crippen LogP contribution in [0.4, 0.5) is 0 Å². The van der Waals surface area contributed by atoms with Crippen LogP contribution in [0.1, 0.15) is 28.4 Å². The molecule has 0 radical (unpaired) electrons. The monoisotopic (exact) mass is 354 g/mol. The Hall–Kier alpha value is -3.05. The Kier molecular flexibility index (Phi) is 6.20. The van der Waals surface area contributed by atoms with E-state index in [2.05, 4.69) is 6.58 Å². The summed E-state index contributed by atoms with van der Waals surface area (Å²) in [6.45, 7) is 5.38. The number of rotatable bonds is 7. The van der Waals surface area contributed by atoms with Crippen LogP contribution in [0.5, 0.6) is 17.2 Å². The van der Waals surface area contributed by atoms with Crippen molar-refractivity contribution in [2.75, 3.05) is 7.11 Å². The molecule has 2 aromatic carbocycles. The van der Waals surface area contributed by atoms with Gasteiger partial charge in [-0.15, -0.1) is 0 Å². The first-order valence-electron chi connectivity index (χ1n) is 8.07. The molecule has 0 spiro atoms. The third-order valence-corrected chi connectivity index (χ3v) is 4.01. The summed E-state index contributed by atoms with van der Waals surface area (Å²) < 4.78 is 5.23. The summed E-state index contributed by atoms with van der Waals surface area (Å²) >= 11 is 0. The number of benzene rings is 2. The molecule has 0 saturated carbocycles. The maximum Gasteiger partial charge on any atom is 0.189 e. The minimum Gasteiger partial charge on any atom is -0.508 e. The van der Waals surface area contributed by atoms with E-state index in [4.69, 9.17) is 4.74 Å². The standard InChI is InChI=1S/C21H22O5/c1-13(2)19(24)12-17-20(26-3)11-9-16(21(17)25)18(23)10-6-14-4-7-15(22)8-5-14/h4-11,19,22,24-25H,1,12H2,2-3H3/t19-/m1/s1. The van der Waals surface area contributed by atoms with Gasteiger partial charge in [-0.05, 0) is 42.8 Å². The highest BCUT2D eigenvalue weighted by Crippen LogP contribution is 2.33. The van der Waals surface area contributed by atoms with Crippen molar-refractivity contribution in [2.45, 2.75) is 19.4 Å². The molecular weight excluding hydrogens is 332 g/mol. The van der Waals surface area contributed by atoms with Gasteiger partial charge >= 0.3 is 0 Å². The molecule has 0 aromatic heterocycles. The Morgan fingerprint density at radius 2 is 1.85 bits per heavy atom. The number of aliphatic hydroxyl groups is 1. The molecule has 0 amide bonds. The second-order valence-corrected chi connectivity index (χ2v) is 6.00. The Labute approximate surface area is 152 Å². The molecule has 2 rings (SSSR count). The summed E-state index contributed by atoms with van der Waals surface area (Å²) in [5, 5.41) is 29.8. The van der Waals surface area contributed by atoms with Crippen LogP contribution >= 0.6 is 0 Å². The quantitative estimate of drug-likeness (QED) is 0.402. The van der Waals surface area contributed by atoms with Crippen molar-refractivity contribution in [3.05, 3.63) is 71.3 Å². The molecule has 0 bridgehead atoms. The van der Waals surface area contributed by atoms with Crippen molar-refractivity contribution < 1.29 is 24.9 Å². The molecule has 0 heterocycles. The van der Waals surface area contributed by atoms with Crippen LogP contribution < -0.4 is 4.74 Å². The lowest BCUT2D eigenvalue weighted by Gasteiger charge is -2.16. The van der Waals surface area contributed by atoms with Crippen LogP contribution in [0.3, 0.4) is 0 Å². The molecule has 5 heteroatoms. The van der Waals surface area contributed by atoms with Crippen LogP contribution in [0.25, 0.3) is 6.08 Å². The van der Waals surface area contributed by atoms with Gasteiger partial charge in [-0.3, -0.25) is 4.79 Å². The fourth-order valence-electron chi connectivity index (χ4n) is 2.42. The summed E-state index contributed by atoms with van der Waals surface area (Å²) in [5.74, 6) is -0.0712. The first kappa shape index (κ1) is 19.3. The third kappa shape index (κ3) is 4.52. The zero-order valence-electron chi connectivity index (χ0n) is 14.8. The van der Waals surface area contributed by atoms with Crippen molar-refractivity contribution in [3.63, 3.8) is 0 Å². The average molecular weight is 354 g/mol. The predicted octanol–water partition coefficient (Wildman–Crippen LogP) is 3.48. The fourth-order valence-corrected chi connectivity index (χ4v) is 2.42. The summed E-state index contributed by atoms with van der Waals surface area (Å²) in [6, 6.07) is 9.44. The molecule has 0 fully saturated rings. The van der Waals surface area contributed by atoms with E-state index in [9.17, 15) is 20.1 Å². The van der Waals surface area contributed by atoms with Gasteiger partial charge < -0.3 is 20.1 Å². The number of aromatic hydroxyl groups is 2. The molecule has 0 aliphatic heterocycles. The number of phenolic OH excluding ortho intramolecular Hbond substituents is 2. The molecule has 1 atom stereocenters. The lowest BCUT2D eigenvalue weighted by molar-refractivity contribution is 0.104. The lowest BCUT2D eigenvalue weighted by Crippen LogP contribution is -2.13. The van der Waals surface area contributed by atoms with Crippen molar-refractivity contribution in [1.29, 1.82) is 0 Å². The fraction of sp³-hybridized carbons (Fsp3) is 0.190. The molecule has 3 N–H and O–H groups in total. The highest BCUT2D eigenvalue weighted by molar-refractivity contribution is 6.09. The van der Waals surface area contributed by atoms with E-state index in [1.54, 1.807) is 31.2 Å². The van der Waals surface area contributed by atoms with Crippen molar-refractivity contribution in [3.8, 4) is 17.2 Å². The van der Waals surface area contributed by atoms with E-state index in [1.165, 1.54) is 31.4 Å². The number of carbonyl (C=O) groups excluding carboxylic acids is 1. The molecule has 2 aromatic rings. The van der Waals surface area contributed by atoms with Gasteiger partial charge in [-0.1, -0.05) is 30.4 Å². The summed E-state index contributed by atoms with van der Waals surface area (Å²) in [7, 11) is 1.46. The first-order valence-corrected chi connectivity index (χ1v) is 8.07. The Morgan fingerprint density at radius 3 is 2.42 bits per heavy atom. The number of ether oxygens (including phenoxy) is 1. The van der Waals surface area contributed by atoms with Crippen LogP contribution in [0, 0.1) is 0 Å². The molecule has 0 saturated heterocycles. The third-order valence-electron chi connectivity index (χ3n) is 4.01. The number of methoxy groups -OCH3 is 1. The van der Waals surface area contributed by atoms with Gasteiger partial charge in [0, 0.05) is 12.0 Å². The van der Waals surface area contributed by atoms with Gasteiger partial charge in [-0.25, -0.2) is 0 Å². The van der Waals surface area contributed by atoms with E-state index in [0.29, 0.717) is 16.9 Å². The second kappa shape index (κ2) is 8.36. The van der Waals surface area contributed by atoms with Crippen LogP contribution in [0.2, 0.25) is 0 Å². The summed E-state index contributed by atoms with van der Waals surface area (Å²) in [5.41, 5.74) is 1.76. The minimum atomic E-state index is -0.854. The van der Waals surface area contributed by atoms with Gasteiger partial charge in [0.25, 0.3) is 0 Å². The van der Waals surface area contributed by atoms with Crippen LogP contribution in [-0.4, -0.2) is 34.3 Å². The van der Waals surface area contributed by atoms with E-state index < -0.39 is 6.10 Å². The number of ketones is 1. The smallest absolute Gasteiger partial charge is 0.189 e. The van der Waals surface area contributed by atoms with Crippen LogP contribution in [-0.2, 0) is 6.42 Å². The second-order valence-electron chi connectivity index (χ2n) is 6.00. The Bertz CT molecular complexity index is 834. The van der Waals surface area contributed by atoms with Gasteiger partial charge in [0.05, 0.1) is 18.8 Å². The Balaban J connectivity index is 2.32. The normalized spacial score (nSPS) is 12.1. The molecule has 0 aliphatic rings. The van der Waals surface area contributed by atoms with Crippen LogP contribution in [0.15, 0.2) is 54.6 Å². The molecule has 136 valence electrons. The highest BCUT2D eigenvalue weighted by atomic mass is 16.5. The SMILES string of the molecule is C=C(C)[C@H](O)Cc1c(OC)ccc(C(=O)C=Cc2ccc(O)cc2)c1O. The number of carbonyl (C=O) groups is 1. The number of phenols is 2. The number of allylic oxidation sites excluding steroid dienone is 1. The van der Waals surface area contributed by atoms with Crippen molar-refractivity contribution in [2.24, 2.45) is 0 Å². The zero-order chi connectivity index (χ0) is 19.3. The largest absolute Gasteiger partial charge is 0.508 e.